The number of nitrogen functional groups attached to an aromatic ring is 1. The average Bonchev–Trinajstić information content (AvgIpc) is 3.29. The number of thiazole rings is 1. The van der Waals surface area contributed by atoms with Crippen molar-refractivity contribution in [3.8, 4) is 28.0 Å². The molecule has 1 aliphatic heterocycles. The number of halogens is 1. The zero-order chi connectivity index (χ0) is 24.3. The van der Waals surface area contributed by atoms with Crippen LogP contribution in [-0.4, -0.2) is 44.0 Å². The van der Waals surface area contributed by atoms with Gasteiger partial charge in [0.05, 0.1) is 9.88 Å². The van der Waals surface area contributed by atoms with Crippen molar-refractivity contribution in [1.82, 2.24) is 15.0 Å². The van der Waals surface area contributed by atoms with Crippen molar-refractivity contribution in [3.05, 3.63) is 58.6 Å². The average molecular weight is 483 g/mol. The van der Waals surface area contributed by atoms with Crippen LogP contribution >= 0.6 is 11.3 Å². The van der Waals surface area contributed by atoms with Crippen molar-refractivity contribution in [2.75, 3.05) is 18.8 Å². The number of aromatic nitrogens is 2. The molecule has 0 unspecified atom stereocenters. The molecule has 0 aliphatic carbocycles. The molecule has 178 valence electrons. The van der Waals surface area contributed by atoms with Gasteiger partial charge in [0.15, 0.2) is 11.6 Å². The number of nitrogens with two attached hydrogens (primary N) is 1. The molecule has 1 aliphatic rings. The van der Waals surface area contributed by atoms with Gasteiger partial charge >= 0.3 is 0 Å². The first-order chi connectivity index (χ1) is 16.2. The molecule has 0 atom stereocenters. The summed E-state index contributed by atoms with van der Waals surface area (Å²) in [6, 6.07) is 6.26. The second kappa shape index (κ2) is 10.1. The summed E-state index contributed by atoms with van der Waals surface area (Å²) in [6.07, 6.45) is 5.21. The van der Waals surface area contributed by atoms with Crippen LogP contribution in [0.4, 0.5) is 10.2 Å². The molecule has 34 heavy (non-hydrogen) atoms. The molecular formula is C25H27FN4O3S. The lowest BCUT2D eigenvalue weighted by atomic mass is 9.99. The highest BCUT2D eigenvalue weighted by molar-refractivity contribution is 7.15. The van der Waals surface area contributed by atoms with Crippen molar-refractivity contribution in [1.29, 1.82) is 0 Å². The molecule has 7 nitrogen and oxygen atoms in total. The Morgan fingerprint density at radius 2 is 2.00 bits per heavy atom. The minimum atomic E-state index is -1.14. The fourth-order valence-electron chi connectivity index (χ4n) is 3.57. The Morgan fingerprint density at radius 1 is 1.24 bits per heavy atom. The van der Waals surface area contributed by atoms with E-state index in [1.807, 2.05) is 6.20 Å². The Balaban J connectivity index is 1.49. The van der Waals surface area contributed by atoms with Crippen LogP contribution in [0.25, 0.3) is 10.4 Å². The number of ether oxygens (including phenoxy) is 1. The van der Waals surface area contributed by atoms with Gasteiger partial charge in [-0.1, -0.05) is 11.8 Å². The van der Waals surface area contributed by atoms with Crippen LogP contribution in [0.2, 0.25) is 0 Å². The quantitative estimate of drug-likeness (QED) is 0.468. The minimum absolute atomic E-state index is 0.0487. The molecule has 1 saturated heterocycles. The summed E-state index contributed by atoms with van der Waals surface area (Å²) in [6.45, 7) is 4.40. The lowest BCUT2D eigenvalue weighted by Crippen LogP contribution is -2.29. The predicted molar refractivity (Wildman–Crippen MR) is 129 cm³/mol. The molecule has 0 saturated carbocycles. The first-order valence-electron chi connectivity index (χ1n) is 11.0. The van der Waals surface area contributed by atoms with E-state index in [1.54, 1.807) is 49.6 Å². The molecule has 2 aromatic heterocycles. The van der Waals surface area contributed by atoms with Gasteiger partial charge in [-0.15, -0.1) is 11.3 Å². The Kier molecular flexibility index (Phi) is 7.14. The lowest BCUT2D eigenvalue weighted by Gasteiger charge is -2.25. The molecular weight excluding hydrogens is 455 g/mol. The van der Waals surface area contributed by atoms with E-state index in [2.05, 4.69) is 21.8 Å². The first kappa shape index (κ1) is 24.1. The number of hydroxylamine groups is 2. The summed E-state index contributed by atoms with van der Waals surface area (Å²) in [7, 11) is 0. The van der Waals surface area contributed by atoms with E-state index >= 15 is 0 Å². The van der Waals surface area contributed by atoms with Gasteiger partial charge in [0, 0.05) is 48.1 Å². The number of anilines is 1. The fourth-order valence-corrected chi connectivity index (χ4v) is 4.64. The maximum atomic E-state index is 14.3. The van der Waals surface area contributed by atoms with E-state index in [-0.39, 0.29) is 12.4 Å². The van der Waals surface area contributed by atoms with Gasteiger partial charge in [0.2, 0.25) is 0 Å². The summed E-state index contributed by atoms with van der Waals surface area (Å²) in [5, 5.41) is 21.7. The number of piperidine rings is 1. The first-order valence-corrected chi connectivity index (χ1v) is 11.8. The van der Waals surface area contributed by atoms with Crippen LogP contribution in [-0.2, 0) is 6.61 Å². The third-order valence-corrected chi connectivity index (χ3v) is 6.66. The number of nitrogens with zero attached hydrogens (tertiary/aromatic N) is 3. The number of rotatable bonds is 5. The third kappa shape index (κ3) is 6.10. The monoisotopic (exact) mass is 482 g/mol. The minimum Gasteiger partial charge on any atom is -0.485 e. The second-order valence-electron chi connectivity index (χ2n) is 8.80. The molecule has 0 spiro atoms. The number of pyridine rings is 1. The highest BCUT2D eigenvalue weighted by Crippen LogP contribution is 2.36. The number of hydrogen-bond acceptors (Lipinski definition) is 8. The van der Waals surface area contributed by atoms with E-state index in [0.29, 0.717) is 35.9 Å². The van der Waals surface area contributed by atoms with Crippen LogP contribution in [0.3, 0.4) is 0 Å². The smallest absolute Gasteiger partial charge is 0.166 e. The summed E-state index contributed by atoms with van der Waals surface area (Å²) in [5.74, 6) is 6.03. The van der Waals surface area contributed by atoms with Crippen molar-refractivity contribution < 1.29 is 19.4 Å². The van der Waals surface area contributed by atoms with E-state index in [4.69, 9.17) is 10.5 Å². The summed E-state index contributed by atoms with van der Waals surface area (Å²) in [5.41, 5.74) is 6.58. The van der Waals surface area contributed by atoms with Gasteiger partial charge in [-0.25, -0.2) is 14.4 Å². The summed E-state index contributed by atoms with van der Waals surface area (Å²) < 4.78 is 20.2. The predicted octanol–water partition coefficient (Wildman–Crippen LogP) is 4.20. The Hall–Kier alpha value is -3.03. The number of hydrogen-bond donors (Lipinski definition) is 3. The highest BCUT2D eigenvalue weighted by atomic mass is 32.1. The van der Waals surface area contributed by atoms with Crippen molar-refractivity contribution >= 4 is 17.2 Å². The maximum Gasteiger partial charge on any atom is 0.166 e. The van der Waals surface area contributed by atoms with Crippen molar-refractivity contribution in [2.24, 2.45) is 0 Å². The maximum absolute atomic E-state index is 14.3. The van der Waals surface area contributed by atoms with Crippen LogP contribution in [0.1, 0.15) is 48.7 Å². The Labute approximate surface area is 202 Å². The number of aliphatic hydroxyl groups is 1. The van der Waals surface area contributed by atoms with Crippen molar-refractivity contribution in [2.45, 2.75) is 44.8 Å². The van der Waals surface area contributed by atoms with Gasteiger partial charge in [-0.2, -0.15) is 5.06 Å². The highest BCUT2D eigenvalue weighted by Gasteiger charge is 2.22. The van der Waals surface area contributed by atoms with Crippen molar-refractivity contribution in [3.63, 3.8) is 0 Å². The lowest BCUT2D eigenvalue weighted by molar-refractivity contribution is -0.106. The standard InChI is InChI=1S/C25H27FN4O3S/c1-25(2,31)8-5-16-3-4-20(26)19(11-16)15-33-21-12-18(13-28-23(21)27)22-14-29-24(34-22)17-6-9-30(32)10-7-17/h3-4,11-14,17,31-32H,6-7,9-10,15H2,1-2H3,(H2,27,28). The van der Waals surface area contributed by atoms with Gasteiger partial charge in [0.25, 0.3) is 0 Å². The topological polar surface area (TPSA) is 105 Å². The summed E-state index contributed by atoms with van der Waals surface area (Å²) >= 11 is 1.59. The largest absolute Gasteiger partial charge is 0.485 e. The Morgan fingerprint density at radius 3 is 2.74 bits per heavy atom. The normalized spacial score (nSPS) is 15.1. The second-order valence-corrected chi connectivity index (χ2v) is 9.86. The molecule has 1 fully saturated rings. The van der Waals surface area contributed by atoms with Crippen LogP contribution in [0.5, 0.6) is 5.75 Å². The zero-order valence-electron chi connectivity index (χ0n) is 19.1. The third-order valence-electron chi connectivity index (χ3n) is 5.45. The van der Waals surface area contributed by atoms with E-state index < -0.39 is 11.4 Å². The van der Waals surface area contributed by atoms with Crippen LogP contribution in [0.15, 0.2) is 36.7 Å². The van der Waals surface area contributed by atoms with Gasteiger partial charge in [0.1, 0.15) is 18.0 Å². The Bertz CT molecular complexity index is 1220. The fraction of sp³-hybridized carbons (Fsp3) is 0.360. The zero-order valence-corrected chi connectivity index (χ0v) is 19.9. The number of benzene rings is 1. The SMILES string of the molecule is CC(C)(O)C#Cc1ccc(F)c(COc2cc(-c3cnc(C4CCN(O)CC4)s3)cnc2N)c1. The molecule has 4 rings (SSSR count). The van der Waals surface area contributed by atoms with Gasteiger partial charge in [-0.05, 0) is 51.0 Å². The van der Waals surface area contributed by atoms with Crippen LogP contribution < -0.4 is 10.5 Å². The molecule has 9 heteroatoms. The molecule has 3 aromatic rings. The van der Waals surface area contributed by atoms with Gasteiger partial charge < -0.3 is 20.8 Å². The molecule has 0 radical (unpaired) electrons. The molecule has 3 heterocycles. The molecule has 0 amide bonds. The molecule has 4 N–H and O–H groups in total. The van der Waals surface area contributed by atoms with Gasteiger partial charge in [-0.3, -0.25) is 0 Å². The van der Waals surface area contributed by atoms with E-state index in [9.17, 15) is 14.7 Å². The van der Waals surface area contributed by atoms with E-state index in [0.717, 1.165) is 28.3 Å². The molecule has 0 bridgehead atoms. The molecule has 1 aromatic carbocycles. The summed E-state index contributed by atoms with van der Waals surface area (Å²) in [4.78, 5) is 9.76. The van der Waals surface area contributed by atoms with Crippen LogP contribution in [0, 0.1) is 17.7 Å². The van der Waals surface area contributed by atoms with E-state index in [1.165, 1.54) is 11.1 Å².